The van der Waals surface area contributed by atoms with Gasteiger partial charge >= 0.3 is 0 Å². The predicted molar refractivity (Wildman–Crippen MR) is 91.9 cm³/mol. The Bertz CT molecular complexity index is 732. The van der Waals surface area contributed by atoms with E-state index in [1.807, 2.05) is 24.3 Å². The molecule has 2 rings (SSSR count). The van der Waals surface area contributed by atoms with Crippen LogP contribution >= 0.6 is 23.6 Å². The zero-order valence-electron chi connectivity index (χ0n) is 12.2. The highest BCUT2D eigenvalue weighted by Crippen LogP contribution is 2.22. The third kappa shape index (κ3) is 3.55. The van der Waals surface area contributed by atoms with Crippen molar-refractivity contribution in [2.24, 2.45) is 0 Å². The number of carbonyl (C=O) groups excluding carboxylic acids is 1. The number of ether oxygens (including phenoxy) is 1. The third-order valence-electron chi connectivity index (χ3n) is 3.06. The fraction of sp³-hybridized carbons (Fsp3) is 0.200. The lowest BCUT2D eigenvalue weighted by atomic mass is 10.2. The van der Waals surface area contributed by atoms with Crippen LogP contribution in [0.1, 0.15) is 15.2 Å². The molecule has 0 saturated carbocycles. The second-order valence-electron chi connectivity index (χ2n) is 4.51. The van der Waals surface area contributed by atoms with Gasteiger partial charge in [-0.15, -0.1) is 6.58 Å². The molecule has 1 aromatic carbocycles. The summed E-state index contributed by atoms with van der Waals surface area (Å²) in [5.74, 6) is 0.924. The summed E-state index contributed by atoms with van der Waals surface area (Å²) >= 11 is 6.41. The third-order valence-corrected chi connectivity index (χ3v) is 4.53. The Labute approximate surface area is 138 Å². The monoisotopic (exact) mass is 335 g/mol. The van der Waals surface area contributed by atoms with Crippen molar-refractivity contribution >= 4 is 35.3 Å². The summed E-state index contributed by atoms with van der Waals surface area (Å²) in [5, 5.41) is 2.84. The molecule has 2 aromatic rings. The van der Waals surface area contributed by atoms with Gasteiger partial charge in [-0.3, -0.25) is 4.79 Å². The summed E-state index contributed by atoms with van der Waals surface area (Å²) in [6.45, 7) is 4.56. The van der Waals surface area contributed by atoms with Crippen LogP contribution < -0.4 is 15.8 Å². The standard InChI is InChI=1S/C15H17N3O2S2/c1-3-8-18-13(16)12(22-15(18)21)14(19)17-9-10-4-6-11(20-2)7-5-10/h3-7H,1,8-9,16H2,2H3,(H,17,19). The van der Waals surface area contributed by atoms with Gasteiger partial charge in [-0.25, -0.2) is 0 Å². The molecule has 0 saturated heterocycles. The van der Waals surface area contributed by atoms with Gasteiger partial charge in [0.25, 0.3) is 5.91 Å². The number of nitrogens with two attached hydrogens (primary N) is 1. The molecule has 1 amide bonds. The van der Waals surface area contributed by atoms with E-state index >= 15 is 0 Å². The van der Waals surface area contributed by atoms with Gasteiger partial charge in [-0.1, -0.05) is 29.5 Å². The Balaban J connectivity index is 2.07. The molecular formula is C15H17N3O2S2. The van der Waals surface area contributed by atoms with E-state index in [0.717, 1.165) is 11.3 Å². The number of benzene rings is 1. The number of allylic oxidation sites excluding steroid dienone is 1. The first kappa shape index (κ1) is 16.3. The van der Waals surface area contributed by atoms with Crippen molar-refractivity contribution in [3.63, 3.8) is 0 Å². The summed E-state index contributed by atoms with van der Waals surface area (Å²) in [5.41, 5.74) is 6.95. The van der Waals surface area contributed by atoms with Crippen LogP contribution in [0.2, 0.25) is 0 Å². The number of thiazole rings is 1. The molecule has 3 N–H and O–H groups in total. The molecule has 0 aliphatic carbocycles. The Morgan fingerprint density at radius 3 is 2.77 bits per heavy atom. The van der Waals surface area contributed by atoms with Crippen LogP contribution in [0, 0.1) is 3.95 Å². The second-order valence-corrected chi connectivity index (χ2v) is 6.16. The molecule has 0 bridgehead atoms. The molecule has 1 heterocycles. The Hall–Kier alpha value is -2.12. The van der Waals surface area contributed by atoms with E-state index in [9.17, 15) is 4.79 Å². The van der Waals surface area contributed by atoms with Crippen LogP contribution in [0.3, 0.4) is 0 Å². The molecule has 0 radical (unpaired) electrons. The maximum Gasteiger partial charge on any atom is 0.265 e. The number of nitrogens with zero attached hydrogens (tertiary/aromatic N) is 1. The van der Waals surface area contributed by atoms with Crippen LogP contribution in [0.5, 0.6) is 5.75 Å². The lowest BCUT2D eigenvalue weighted by molar-refractivity contribution is 0.0955. The number of anilines is 1. The van der Waals surface area contributed by atoms with E-state index in [4.69, 9.17) is 22.7 Å². The van der Waals surface area contributed by atoms with E-state index < -0.39 is 0 Å². The highest BCUT2D eigenvalue weighted by Gasteiger charge is 2.16. The SMILES string of the molecule is C=CCn1c(N)c(C(=O)NCc2ccc(OC)cc2)sc1=S. The zero-order chi connectivity index (χ0) is 16.1. The fourth-order valence-electron chi connectivity index (χ4n) is 1.89. The number of hydrogen-bond donors (Lipinski definition) is 2. The summed E-state index contributed by atoms with van der Waals surface area (Å²) in [4.78, 5) is 12.7. The van der Waals surface area contributed by atoms with Crippen LogP contribution in [0.25, 0.3) is 0 Å². The van der Waals surface area contributed by atoms with Gasteiger partial charge in [-0.2, -0.15) is 0 Å². The summed E-state index contributed by atoms with van der Waals surface area (Å²) in [6, 6.07) is 7.49. The summed E-state index contributed by atoms with van der Waals surface area (Å²) in [6.07, 6.45) is 1.69. The van der Waals surface area contributed by atoms with E-state index in [2.05, 4.69) is 11.9 Å². The maximum atomic E-state index is 12.2. The molecule has 1 aromatic heterocycles. The van der Waals surface area contributed by atoms with Crippen LogP contribution in [0.4, 0.5) is 5.82 Å². The molecule has 0 aliphatic heterocycles. The minimum atomic E-state index is -0.229. The number of nitrogens with one attached hydrogen (secondary N) is 1. The topological polar surface area (TPSA) is 69.3 Å². The first-order valence-corrected chi connectivity index (χ1v) is 7.80. The molecule has 0 atom stereocenters. The van der Waals surface area contributed by atoms with Gasteiger partial charge in [0.15, 0.2) is 3.95 Å². The van der Waals surface area contributed by atoms with E-state index in [1.165, 1.54) is 11.3 Å². The number of carbonyl (C=O) groups is 1. The van der Waals surface area contributed by atoms with Crippen LogP contribution in [-0.4, -0.2) is 17.6 Å². The van der Waals surface area contributed by atoms with Gasteiger partial charge in [-0.05, 0) is 29.9 Å². The smallest absolute Gasteiger partial charge is 0.265 e. The predicted octanol–water partition coefficient (Wildman–Crippen LogP) is 2.99. The van der Waals surface area contributed by atoms with Gasteiger partial charge in [0.1, 0.15) is 16.4 Å². The van der Waals surface area contributed by atoms with Crippen molar-refractivity contribution in [2.75, 3.05) is 12.8 Å². The summed E-state index contributed by atoms with van der Waals surface area (Å²) in [7, 11) is 1.61. The van der Waals surface area contributed by atoms with Crippen LogP contribution in [-0.2, 0) is 13.1 Å². The number of amides is 1. The van der Waals surface area contributed by atoms with Gasteiger partial charge in [0.2, 0.25) is 0 Å². The molecule has 7 heteroatoms. The second kappa shape index (κ2) is 7.24. The summed E-state index contributed by atoms with van der Waals surface area (Å²) < 4.78 is 7.35. The van der Waals surface area contributed by atoms with E-state index in [0.29, 0.717) is 27.7 Å². The normalized spacial score (nSPS) is 10.2. The number of methoxy groups -OCH3 is 1. The molecule has 0 fully saturated rings. The highest BCUT2D eigenvalue weighted by molar-refractivity contribution is 7.73. The highest BCUT2D eigenvalue weighted by atomic mass is 32.1. The number of rotatable bonds is 6. The van der Waals surface area contributed by atoms with E-state index in [1.54, 1.807) is 17.8 Å². The maximum absolute atomic E-state index is 12.2. The minimum absolute atomic E-state index is 0.229. The zero-order valence-corrected chi connectivity index (χ0v) is 13.8. The average molecular weight is 335 g/mol. The van der Waals surface area contributed by atoms with Crippen molar-refractivity contribution in [3.05, 3.63) is 51.3 Å². The molecule has 0 aliphatic rings. The molecule has 5 nitrogen and oxygen atoms in total. The quantitative estimate of drug-likeness (QED) is 0.629. The average Bonchev–Trinajstić information content (AvgIpc) is 2.81. The Morgan fingerprint density at radius 2 is 2.18 bits per heavy atom. The molecule has 0 unspecified atom stereocenters. The lowest BCUT2D eigenvalue weighted by Crippen LogP contribution is -2.23. The number of hydrogen-bond acceptors (Lipinski definition) is 5. The fourth-order valence-corrected chi connectivity index (χ4v) is 3.15. The van der Waals surface area contributed by atoms with Crippen molar-refractivity contribution < 1.29 is 9.53 Å². The van der Waals surface area contributed by atoms with Crippen molar-refractivity contribution in [2.45, 2.75) is 13.1 Å². The van der Waals surface area contributed by atoms with Crippen molar-refractivity contribution in [1.29, 1.82) is 0 Å². The Kier molecular flexibility index (Phi) is 5.35. The molecular weight excluding hydrogens is 318 g/mol. The van der Waals surface area contributed by atoms with Crippen molar-refractivity contribution in [3.8, 4) is 5.75 Å². The van der Waals surface area contributed by atoms with Gasteiger partial charge in [0.05, 0.1) is 7.11 Å². The first-order chi connectivity index (χ1) is 10.6. The van der Waals surface area contributed by atoms with Gasteiger partial charge < -0.3 is 20.4 Å². The Morgan fingerprint density at radius 1 is 1.50 bits per heavy atom. The molecule has 22 heavy (non-hydrogen) atoms. The molecule has 116 valence electrons. The van der Waals surface area contributed by atoms with Crippen LogP contribution in [0.15, 0.2) is 36.9 Å². The largest absolute Gasteiger partial charge is 0.497 e. The minimum Gasteiger partial charge on any atom is -0.497 e. The first-order valence-electron chi connectivity index (χ1n) is 6.58. The number of aromatic nitrogens is 1. The lowest BCUT2D eigenvalue weighted by Gasteiger charge is -2.06. The number of nitrogen functional groups attached to an aromatic ring is 1. The van der Waals surface area contributed by atoms with Gasteiger partial charge in [0, 0.05) is 13.1 Å². The van der Waals surface area contributed by atoms with E-state index in [-0.39, 0.29) is 5.91 Å². The van der Waals surface area contributed by atoms with Crippen molar-refractivity contribution in [1.82, 2.24) is 9.88 Å². The molecule has 0 spiro atoms.